The van der Waals surface area contributed by atoms with Gasteiger partial charge in [0.25, 0.3) is 0 Å². The fraction of sp³-hybridized carbons (Fsp3) is 0.278. The Morgan fingerprint density at radius 2 is 1.96 bits per heavy atom. The van der Waals surface area contributed by atoms with Gasteiger partial charge in [-0.15, -0.1) is 0 Å². The number of carbonyl (C=O) groups is 1. The third-order valence-electron chi connectivity index (χ3n) is 4.16. The number of Topliss-reactive ketones (excluding diaryl/α,β-unsaturated/α-hetero) is 1. The topological polar surface area (TPSA) is 63.7 Å². The lowest BCUT2D eigenvalue weighted by molar-refractivity contribution is -0.00443. The van der Waals surface area contributed by atoms with Crippen molar-refractivity contribution in [2.75, 3.05) is 19.7 Å². The van der Waals surface area contributed by atoms with Crippen LogP contribution in [0.15, 0.2) is 53.4 Å². The predicted molar refractivity (Wildman–Crippen MR) is 90.3 cm³/mol. The molecule has 1 aliphatic rings. The summed E-state index contributed by atoms with van der Waals surface area (Å²) < 4.78 is 46.6. The maximum Gasteiger partial charge on any atom is 0.243 e. The molecule has 0 radical (unpaired) electrons. The van der Waals surface area contributed by atoms with Crippen LogP contribution in [0.1, 0.15) is 28.9 Å². The summed E-state index contributed by atoms with van der Waals surface area (Å²) in [4.78, 5) is 11.6. The Labute approximate surface area is 146 Å². The van der Waals surface area contributed by atoms with Gasteiger partial charge in [0, 0.05) is 24.2 Å². The van der Waals surface area contributed by atoms with Crippen molar-refractivity contribution in [1.29, 1.82) is 0 Å². The molecule has 25 heavy (non-hydrogen) atoms. The van der Waals surface area contributed by atoms with Crippen LogP contribution in [0.5, 0.6) is 0 Å². The second-order valence-corrected chi connectivity index (χ2v) is 7.77. The summed E-state index contributed by atoms with van der Waals surface area (Å²) in [5.74, 6) is -0.631. The average Bonchev–Trinajstić information content (AvgIpc) is 2.62. The smallest absolute Gasteiger partial charge is 0.243 e. The van der Waals surface area contributed by atoms with Crippen molar-refractivity contribution < 1.29 is 22.3 Å². The molecule has 1 unspecified atom stereocenters. The van der Waals surface area contributed by atoms with E-state index in [4.69, 9.17) is 4.74 Å². The van der Waals surface area contributed by atoms with Crippen molar-refractivity contribution in [3.05, 3.63) is 65.5 Å². The van der Waals surface area contributed by atoms with Crippen LogP contribution in [0, 0.1) is 5.82 Å². The molecule has 0 aromatic heterocycles. The van der Waals surface area contributed by atoms with Gasteiger partial charge in [-0.2, -0.15) is 4.31 Å². The third kappa shape index (κ3) is 3.63. The monoisotopic (exact) mass is 363 g/mol. The molecule has 1 fully saturated rings. The molecule has 0 amide bonds. The Bertz CT molecular complexity index is 897. The summed E-state index contributed by atoms with van der Waals surface area (Å²) >= 11 is 0. The fourth-order valence-electron chi connectivity index (χ4n) is 2.79. The number of ketones is 1. The molecule has 3 rings (SSSR count). The molecule has 5 nitrogen and oxygen atoms in total. The minimum atomic E-state index is -3.79. The zero-order chi connectivity index (χ0) is 18.0. The highest BCUT2D eigenvalue weighted by Crippen LogP contribution is 2.28. The molecular weight excluding hydrogens is 345 g/mol. The number of benzene rings is 2. The molecular formula is C18H18FNO4S. The van der Waals surface area contributed by atoms with Crippen LogP contribution >= 0.6 is 0 Å². The Morgan fingerprint density at radius 1 is 1.20 bits per heavy atom. The molecule has 1 atom stereocenters. The van der Waals surface area contributed by atoms with Gasteiger partial charge < -0.3 is 4.74 Å². The van der Waals surface area contributed by atoms with E-state index in [9.17, 15) is 17.6 Å². The quantitative estimate of drug-likeness (QED) is 0.784. The van der Waals surface area contributed by atoms with Gasteiger partial charge in [0.2, 0.25) is 10.0 Å². The van der Waals surface area contributed by atoms with Crippen molar-refractivity contribution in [1.82, 2.24) is 4.31 Å². The first-order valence-electron chi connectivity index (χ1n) is 7.87. The zero-order valence-corrected chi connectivity index (χ0v) is 14.5. The number of sulfonamides is 1. The van der Waals surface area contributed by atoms with Gasteiger partial charge in [-0.1, -0.05) is 30.3 Å². The molecule has 0 saturated carbocycles. The summed E-state index contributed by atoms with van der Waals surface area (Å²) in [6.07, 6.45) is -0.666. The standard InChI is InChI=1S/C18H18FNO4S/c1-13(21)14-5-4-6-15(11-14)25(22,23)20-9-10-24-18(12-20)16-7-2-3-8-17(16)19/h2-8,11,18H,9-10,12H2,1H3. The summed E-state index contributed by atoms with van der Waals surface area (Å²) in [6.45, 7) is 1.75. The molecule has 2 aromatic rings. The third-order valence-corrected chi connectivity index (χ3v) is 6.02. The van der Waals surface area contributed by atoms with Gasteiger partial charge in [-0.3, -0.25) is 4.79 Å². The number of nitrogens with zero attached hydrogens (tertiary/aromatic N) is 1. The highest BCUT2D eigenvalue weighted by atomic mass is 32.2. The van der Waals surface area contributed by atoms with Crippen LogP contribution in [0.3, 0.4) is 0 Å². The first kappa shape index (κ1) is 17.7. The van der Waals surface area contributed by atoms with Crippen LogP contribution in [0.2, 0.25) is 0 Å². The molecule has 0 N–H and O–H groups in total. The number of hydrogen-bond donors (Lipinski definition) is 0. The first-order valence-corrected chi connectivity index (χ1v) is 9.31. The second kappa shape index (κ2) is 7.03. The SMILES string of the molecule is CC(=O)c1cccc(S(=O)(=O)N2CCOC(c3ccccc3F)C2)c1. The van der Waals surface area contributed by atoms with Crippen molar-refractivity contribution in [2.45, 2.75) is 17.9 Å². The Hall–Kier alpha value is -2.09. The van der Waals surface area contributed by atoms with Gasteiger partial charge >= 0.3 is 0 Å². The Balaban J connectivity index is 1.89. The minimum absolute atomic E-state index is 0.0214. The fourth-order valence-corrected chi connectivity index (χ4v) is 4.26. The molecule has 7 heteroatoms. The van der Waals surface area contributed by atoms with Crippen LogP contribution < -0.4 is 0 Å². The molecule has 0 aliphatic carbocycles. The Morgan fingerprint density at radius 3 is 2.68 bits per heavy atom. The summed E-state index contributed by atoms with van der Waals surface area (Å²) in [6, 6.07) is 12.1. The van der Waals surface area contributed by atoms with E-state index in [0.717, 1.165) is 0 Å². The van der Waals surface area contributed by atoms with Crippen molar-refractivity contribution in [3.63, 3.8) is 0 Å². The van der Waals surface area contributed by atoms with Gasteiger partial charge in [-0.25, -0.2) is 12.8 Å². The number of halogens is 1. The van der Waals surface area contributed by atoms with Gasteiger partial charge in [0.05, 0.1) is 17.6 Å². The van der Waals surface area contributed by atoms with E-state index < -0.39 is 21.9 Å². The Kier molecular flexibility index (Phi) is 4.99. The molecule has 1 heterocycles. The van der Waals surface area contributed by atoms with Crippen LogP contribution in [0.4, 0.5) is 4.39 Å². The predicted octanol–water partition coefficient (Wildman–Crippen LogP) is 2.79. The van der Waals surface area contributed by atoms with Crippen molar-refractivity contribution in [3.8, 4) is 0 Å². The van der Waals surface area contributed by atoms with Crippen LogP contribution in [0.25, 0.3) is 0 Å². The maximum atomic E-state index is 14.0. The number of hydrogen-bond acceptors (Lipinski definition) is 4. The van der Waals surface area contributed by atoms with Gasteiger partial charge in [0.15, 0.2) is 5.78 Å². The van der Waals surface area contributed by atoms with Crippen molar-refractivity contribution >= 4 is 15.8 Å². The number of carbonyl (C=O) groups excluding carboxylic acids is 1. The normalized spacial score (nSPS) is 18.9. The largest absolute Gasteiger partial charge is 0.371 e. The van der Waals surface area contributed by atoms with Crippen molar-refractivity contribution in [2.24, 2.45) is 0 Å². The van der Waals surface area contributed by atoms with E-state index in [0.29, 0.717) is 11.1 Å². The average molecular weight is 363 g/mol. The van der Waals surface area contributed by atoms with Crippen LogP contribution in [-0.2, 0) is 14.8 Å². The summed E-state index contributed by atoms with van der Waals surface area (Å²) in [7, 11) is -3.79. The van der Waals surface area contributed by atoms with E-state index in [1.165, 1.54) is 29.4 Å². The lowest BCUT2D eigenvalue weighted by Gasteiger charge is -2.32. The van der Waals surface area contributed by atoms with E-state index in [-0.39, 0.29) is 30.4 Å². The molecule has 0 bridgehead atoms. The number of morpholine rings is 1. The van der Waals surface area contributed by atoms with E-state index in [1.54, 1.807) is 30.3 Å². The summed E-state index contributed by atoms with van der Waals surface area (Å²) in [5.41, 5.74) is 0.667. The second-order valence-electron chi connectivity index (χ2n) is 5.83. The first-order chi connectivity index (χ1) is 11.9. The van der Waals surface area contributed by atoms with E-state index >= 15 is 0 Å². The zero-order valence-electron chi connectivity index (χ0n) is 13.7. The van der Waals surface area contributed by atoms with E-state index in [1.807, 2.05) is 0 Å². The number of ether oxygens (including phenoxy) is 1. The molecule has 1 aliphatic heterocycles. The lowest BCUT2D eigenvalue weighted by atomic mass is 10.1. The van der Waals surface area contributed by atoms with Crippen LogP contribution in [-0.4, -0.2) is 38.2 Å². The van der Waals surface area contributed by atoms with E-state index in [2.05, 4.69) is 0 Å². The van der Waals surface area contributed by atoms with Gasteiger partial charge in [-0.05, 0) is 25.1 Å². The molecule has 0 spiro atoms. The molecule has 2 aromatic carbocycles. The highest BCUT2D eigenvalue weighted by Gasteiger charge is 2.32. The molecule has 1 saturated heterocycles. The maximum absolute atomic E-state index is 14.0. The highest BCUT2D eigenvalue weighted by molar-refractivity contribution is 7.89. The number of rotatable bonds is 4. The lowest BCUT2D eigenvalue weighted by Crippen LogP contribution is -2.42. The summed E-state index contributed by atoms with van der Waals surface area (Å²) in [5, 5.41) is 0. The molecule has 132 valence electrons. The minimum Gasteiger partial charge on any atom is -0.371 e. The van der Waals surface area contributed by atoms with Gasteiger partial charge in [0.1, 0.15) is 5.82 Å².